The van der Waals surface area contributed by atoms with Gasteiger partial charge in [-0.25, -0.2) is 0 Å². The molecule has 3 nitrogen and oxygen atoms in total. The molecule has 0 heterocycles. The van der Waals surface area contributed by atoms with E-state index < -0.39 is 0 Å². The van der Waals surface area contributed by atoms with Gasteiger partial charge in [-0.2, -0.15) is 0 Å². The number of carbonyl (C=O) groups excluding carboxylic acids is 1. The fraction of sp³-hybridized carbons (Fsp3) is 0.562. The molecule has 2 aliphatic carbocycles. The average molecular weight is 260 g/mol. The third kappa shape index (κ3) is 1.41. The zero-order chi connectivity index (χ0) is 13.8. The van der Waals surface area contributed by atoms with Crippen molar-refractivity contribution in [1.29, 1.82) is 0 Å². The maximum atomic E-state index is 12.2. The van der Waals surface area contributed by atoms with Gasteiger partial charge in [-0.15, -0.1) is 0 Å². The molecule has 2 aliphatic rings. The molecule has 2 atom stereocenters. The summed E-state index contributed by atoms with van der Waals surface area (Å²) in [4.78, 5) is 12.2. The number of esters is 1. The van der Waals surface area contributed by atoms with Crippen LogP contribution in [0.3, 0.4) is 0 Å². The van der Waals surface area contributed by atoms with Gasteiger partial charge >= 0.3 is 5.97 Å². The van der Waals surface area contributed by atoms with Gasteiger partial charge < -0.3 is 9.84 Å². The van der Waals surface area contributed by atoms with E-state index in [1.165, 1.54) is 5.56 Å². The minimum Gasteiger partial charge on any atom is -0.508 e. The standard InChI is InChI=1S/C16H20O3/c1-4-19-14(18)13-15(2,3)16(13)8-7-10-5-6-11(17)9-12(10)16/h5-6,9,13,17H,4,7-8H2,1-3H3/t13-,16-/m0/s1. The van der Waals surface area contributed by atoms with Crippen LogP contribution in [-0.2, 0) is 21.4 Å². The number of aromatic hydroxyl groups is 1. The van der Waals surface area contributed by atoms with E-state index in [-0.39, 0.29) is 28.5 Å². The molecule has 0 aliphatic heterocycles. The van der Waals surface area contributed by atoms with Crippen LogP contribution in [0.2, 0.25) is 0 Å². The number of ether oxygens (including phenoxy) is 1. The molecule has 1 aromatic carbocycles. The lowest BCUT2D eigenvalue weighted by Gasteiger charge is -2.14. The third-order valence-corrected chi connectivity index (χ3v) is 5.17. The van der Waals surface area contributed by atoms with Crippen molar-refractivity contribution in [2.45, 2.75) is 39.0 Å². The Kier molecular flexibility index (Phi) is 2.47. The Hall–Kier alpha value is -1.51. The van der Waals surface area contributed by atoms with E-state index in [1.807, 2.05) is 19.1 Å². The van der Waals surface area contributed by atoms with Crippen LogP contribution >= 0.6 is 0 Å². The Labute approximate surface area is 113 Å². The summed E-state index contributed by atoms with van der Waals surface area (Å²) < 4.78 is 5.23. The first-order chi connectivity index (χ1) is 8.95. The molecular formula is C16H20O3. The number of hydrogen-bond acceptors (Lipinski definition) is 3. The maximum absolute atomic E-state index is 12.2. The molecule has 3 rings (SSSR count). The SMILES string of the molecule is CCOC(=O)[C@H]1C(C)(C)[C@]12CCc1ccc(O)cc12. The molecule has 1 N–H and O–H groups in total. The van der Waals surface area contributed by atoms with Crippen LogP contribution in [0.1, 0.15) is 38.3 Å². The first kappa shape index (κ1) is 12.5. The van der Waals surface area contributed by atoms with Crippen LogP contribution in [0.25, 0.3) is 0 Å². The largest absolute Gasteiger partial charge is 0.508 e. The summed E-state index contributed by atoms with van der Waals surface area (Å²) in [6.07, 6.45) is 1.96. The highest BCUT2D eigenvalue weighted by atomic mass is 16.5. The van der Waals surface area contributed by atoms with Crippen molar-refractivity contribution in [1.82, 2.24) is 0 Å². The molecule has 1 spiro atoms. The van der Waals surface area contributed by atoms with E-state index in [2.05, 4.69) is 13.8 Å². The van der Waals surface area contributed by atoms with E-state index in [9.17, 15) is 9.90 Å². The fourth-order valence-corrected chi connectivity index (χ4v) is 4.21. The van der Waals surface area contributed by atoms with Crippen LogP contribution in [0.5, 0.6) is 5.75 Å². The molecular weight excluding hydrogens is 240 g/mol. The van der Waals surface area contributed by atoms with Crippen molar-refractivity contribution in [3.63, 3.8) is 0 Å². The molecule has 1 aromatic rings. The Bertz CT molecular complexity index is 547. The number of phenols is 1. The Morgan fingerprint density at radius 3 is 2.89 bits per heavy atom. The van der Waals surface area contributed by atoms with Gasteiger partial charge in [0.2, 0.25) is 0 Å². The van der Waals surface area contributed by atoms with Gasteiger partial charge in [0.25, 0.3) is 0 Å². The number of aryl methyl sites for hydroxylation is 1. The van der Waals surface area contributed by atoms with E-state index in [4.69, 9.17) is 4.74 Å². The second-order valence-corrected chi connectivity index (χ2v) is 6.22. The minimum absolute atomic E-state index is 0.0806. The van der Waals surface area contributed by atoms with Crippen molar-refractivity contribution in [2.75, 3.05) is 6.61 Å². The van der Waals surface area contributed by atoms with Gasteiger partial charge in [-0.3, -0.25) is 4.79 Å². The average Bonchev–Trinajstić information content (AvgIpc) is 2.63. The summed E-state index contributed by atoms with van der Waals surface area (Å²) in [5.74, 6) is 0.108. The van der Waals surface area contributed by atoms with Gasteiger partial charge in [-0.1, -0.05) is 19.9 Å². The molecule has 0 amide bonds. The lowest BCUT2D eigenvalue weighted by atomic mass is 9.89. The normalized spacial score (nSPS) is 30.2. The molecule has 0 unspecified atom stereocenters. The Balaban J connectivity index is 2.04. The van der Waals surface area contributed by atoms with E-state index in [0.29, 0.717) is 6.61 Å². The Morgan fingerprint density at radius 1 is 1.47 bits per heavy atom. The van der Waals surface area contributed by atoms with Gasteiger partial charge in [0.05, 0.1) is 12.5 Å². The van der Waals surface area contributed by atoms with Crippen LogP contribution in [0.15, 0.2) is 18.2 Å². The van der Waals surface area contributed by atoms with Gasteiger partial charge in [0.15, 0.2) is 0 Å². The predicted octanol–water partition coefficient (Wildman–Crippen LogP) is 2.80. The fourth-order valence-electron chi connectivity index (χ4n) is 4.21. The first-order valence-corrected chi connectivity index (χ1v) is 6.94. The smallest absolute Gasteiger partial charge is 0.310 e. The van der Waals surface area contributed by atoms with E-state index in [1.54, 1.807) is 6.07 Å². The number of fused-ring (bicyclic) bond motifs is 2. The lowest BCUT2D eigenvalue weighted by Crippen LogP contribution is -2.15. The second kappa shape index (κ2) is 3.75. The zero-order valence-corrected chi connectivity index (χ0v) is 11.7. The molecule has 0 saturated heterocycles. The molecule has 1 fully saturated rings. The van der Waals surface area contributed by atoms with Crippen molar-refractivity contribution in [3.05, 3.63) is 29.3 Å². The molecule has 3 heteroatoms. The summed E-state index contributed by atoms with van der Waals surface area (Å²) in [5, 5.41) is 9.74. The summed E-state index contributed by atoms with van der Waals surface area (Å²) in [7, 11) is 0. The monoisotopic (exact) mass is 260 g/mol. The number of hydrogen-bond donors (Lipinski definition) is 1. The highest BCUT2D eigenvalue weighted by Gasteiger charge is 2.76. The molecule has 0 bridgehead atoms. The third-order valence-electron chi connectivity index (χ3n) is 5.17. The van der Waals surface area contributed by atoms with Crippen LogP contribution in [0, 0.1) is 11.3 Å². The minimum atomic E-state index is -0.132. The highest BCUT2D eigenvalue weighted by molar-refractivity contribution is 5.82. The van der Waals surface area contributed by atoms with Crippen LogP contribution in [-0.4, -0.2) is 17.7 Å². The molecule has 102 valence electrons. The number of phenolic OH excluding ortho intramolecular Hbond substituents is 1. The summed E-state index contributed by atoms with van der Waals surface area (Å²) in [6, 6.07) is 5.55. The quantitative estimate of drug-likeness (QED) is 0.832. The summed E-state index contributed by atoms with van der Waals surface area (Å²) in [5.41, 5.74) is 2.19. The first-order valence-electron chi connectivity index (χ1n) is 6.94. The number of rotatable bonds is 2. The zero-order valence-electron chi connectivity index (χ0n) is 11.7. The predicted molar refractivity (Wildman–Crippen MR) is 72.0 cm³/mol. The molecule has 0 aromatic heterocycles. The van der Waals surface area contributed by atoms with Crippen LogP contribution in [0.4, 0.5) is 0 Å². The topological polar surface area (TPSA) is 46.5 Å². The Morgan fingerprint density at radius 2 is 2.21 bits per heavy atom. The molecule has 19 heavy (non-hydrogen) atoms. The maximum Gasteiger partial charge on any atom is 0.310 e. The molecule has 0 radical (unpaired) electrons. The van der Waals surface area contributed by atoms with Gasteiger partial charge in [0.1, 0.15) is 5.75 Å². The molecule has 1 saturated carbocycles. The number of carbonyl (C=O) groups is 1. The van der Waals surface area contributed by atoms with Gasteiger partial charge in [0, 0.05) is 5.41 Å². The van der Waals surface area contributed by atoms with Gasteiger partial charge in [-0.05, 0) is 48.4 Å². The summed E-state index contributed by atoms with van der Waals surface area (Å²) >= 11 is 0. The van der Waals surface area contributed by atoms with Crippen molar-refractivity contribution in [3.8, 4) is 5.75 Å². The number of benzene rings is 1. The second-order valence-electron chi connectivity index (χ2n) is 6.22. The lowest BCUT2D eigenvalue weighted by molar-refractivity contribution is -0.145. The summed E-state index contributed by atoms with van der Waals surface area (Å²) in [6.45, 7) is 6.53. The van der Waals surface area contributed by atoms with E-state index in [0.717, 1.165) is 18.4 Å². The highest BCUT2D eigenvalue weighted by Crippen LogP contribution is 2.74. The van der Waals surface area contributed by atoms with Crippen molar-refractivity contribution in [2.24, 2.45) is 11.3 Å². The van der Waals surface area contributed by atoms with Crippen molar-refractivity contribution < 1.29 is 14.6 Å². The van der Waals surface area contributed by atoms with Crippen molar-refractivity contribution >= 4 is 5.97 Å². The van der Waals surface area contributed by atoms with E-state index >= 15 is 0 Å². The van der Waals surface area contributed by atoms with Crippen LogP contribution < -0.4 is 0 Å².